The highest BCUT2D eigenvalue weighted by atomic mass is 32.2. The third kappa shape index (κ3) is 5.07. The van der Waals surface area contributed by atoms with Gasteiger partial charge in [-0.25, -0.2) is 13.1 Å². The molecule has 158 valence electrons. The molecule has 0 radical (unpaired) electrons. The Hall–Kier alpha value is -3.14. The summed E-state index contributed by atoms with van der Waals surface area (Å²) in [4.78, 5) is 12.5. The molecule has 0 aliphatic heterocycles. The number of sulfone groups is 1. The van der Waals surface area contributed by atoms with Gasteiger partial charge in [0.1, 0.15) is 0 Å². The van der Waals surface area contributed by atoms with Gasteiger partial charge in [-0.2, -0.15) is 18.3 Å². The lowest BCUT2D eigenvalue weighted by atomic mass is 10.1. The first-order valence-electron chi connectivity index (χ1n) is 8.75. The Morgan fingerprint density at radius 1 is 1.10 bits per heavy atom. The number of hydrogen-bond acceptors (Lipinski definition) is 4. The molecule has 0 atom stereocenters. The number of nitrogens with one attached hydrogen (secondary N) is 1. The average molecular weight is 437 g/mol. The first-order chi connectivity index (χ1) is 13.9. The normalized spacial score (nSPS) is 12.0. The summed E-state index contributed by atoms with van der Waals surface area (Å²) in [5.74, 6) is -0.571. The first kappa shape index (κ1) is 21.6. The molecular weight excluding hydrogens is 419 g/mol. The van der Waals surface area contributed by atoms with Gasteiger partial charge in [-0.1, -0.05) is 12.1 Å². The van der Waals surface area contributed by atoms with E-state index in [-0.39, 0.29) is 11.3 Å². The predicted molar refractivity (Wildman–Crippen MR) is 106 cm³/mol. The number of carbonyl (C=O) groups excluding carboxylic acids is 1. The lowest BCUT2D eigenvalue weighted by Crippen LogP contribution is -2.14. The number of benzene rings is 2. The fourth-order valence-electron chi connectivity index (χ4n) is 2.84. The number of carbonyl (C=O) groups is 1. The maximum Gasteiger partial charge on any atom is 0.435 e. The second-order valence-corrected chi connectivity index (χ2v) is 8.94. The number of halogens is 3. The van der Waals surface area contributed by atoms with Crippen LogP contribution in [0.1, 0.15) is 27.2 Å². The van der Waals surface area contributed by atoms with E-state index in [4.69, 9.17) is 0 Å². The van der Waals surface area contributed by atoms with Gasteiger partial charge < -0.3 is 5.32 Å². The lowest BCUT2D eigenvalue weighted by molar-refractivity contribution is -0.141. The molecule has 1 heterocycles. The number of alkyl halides is 3. The van der Waals surface area contributed by atoms with Crippen molar-refractivity contribution in [2.24, 2.45) is 0 Å². The van der Waals surface area contributed by atoms with Gasteiger partial charge in [0, 0.05) is 23.7 Å². The molecule has 0 bridgehead atoms. The van der Waals surface area contributed by atoms with Crippen LogP contribution < -0.4 is 5.32 Å². The summed E-state index contributed by atoms with van der Waals surface area (Å²) in [6, 6.07) is 11.8. The number of nitrogens with zero attached hydrogens (tertiary/aromatic N) is 2. The molecule has 0 aliphatic carbocycles. The molecule has 1 amide bonds. The summed E-state index contributed by atoms with van der Waals surface area (Å²) in [7, 11) is -3.23. The van der Waals surface area contributed by atoms with Gasteiger partial charge in [0.25, 0.3) is 5.91 Å². The second-order valence-electron chi connectivity index (χ2n) is 6.80. The van der Waals surface area contributed by atoms with Crippen molar-refractivity contribution in [1.82, 2.24) is 9.78 Å². The quantitative estimate of drug-likeness (QED) is 0.654. The van der Waals surface area contributed by atoms with E-state index >= 15 is 0 Å². The molecule has 0 fully saturated rings. The standard InChI is InChI=1S/C20H18F3N3O3S/c1-13-15(12-30(2,28)29)4-3-5-17(13)24-19(27)14-6-8-16(9-7-14)26-11-10-18(25-26)20(21,22)23/h3-11H,12H2,1-2H3,(H,24,27). The maximum atomic E-state index is 12.7. The van der Waals surface area contributed by atoms with Crippen LogP contribution in [0.5, 0.6) is 0 Å². The van der Waals surface area contributed by atoms with Gasteiger partial charge in [0.15, 0.2) is 15.5 Å². The fraction of sp³-hybridized carbons (Fsp3) is 0.200. The Kier molecular flexibility index (Phi) is 5.71. The summed E-state index contributed by atoms with van der Waals surface area (Å²) >= 11 is 0. The molecule has 0 saturated heterocycles. The highest BCUT2D eigenvalue weighted by molar-refractivity contribution is 7.89. The van der Waals surface area contributed by atoms with E-state index < -0.39 is 27.6 Å². The Morgan fingerprint density at radius 3 is 2.33 bits per heavy atom. The van der Waals surface area contributed by atoms with Crippen molar-refractivity contribution in [1.29, 1.82) is 0 Å². The molecule has 0 spiro atoms. The van der Waals surface area contributed by atoms with E-state index in [1.54, 1.807) is 25.1 Å². The summed E-state index contributed by atoms with van der Waals surface area (Å²) < 4.78 is 62.2. The van der Waals surface area contributed by atoms with Crippen LogP contribution in [-0.2, 0) is 21.8 Å². The Balaban J connectivity index is 1.77. The Morgan fingerprint density at radius 2 is 1.77 bits per heavy atom. The third-order valence-electron chi connectivity index (χ3n) is 4.39. The lowest BCUT2D eigenvalue weighted by Gasteiger charge is -2.12. The topological polar surface area (TPSA) is 81.1 Å². The Bertz CT molecular complexity index is 1180. The number of amides is 1. The van der Waals surface area contributed by atoms with E-state index in [1.807, 2.05) is 0 Å². The molecule has 30 heavy (non-hydrogen) atoms. The zero-order valence-electron chi connectivity index (χ0n) is 16.1. The average Bonchev–Trinajstić information content (AvgIpc) is 3.15. The number of hydrogen-bond donors (Lipinski definition) is 1. The zero-order valence-corrected chi connectivity index (χ0v) is 16.9. The highest BCUT2D eigenvalue weighted by Gasteiger charge is 2.33. The summed E-state index contributed by atoms with van der Waals surface area (Å²) in [5.41, 5.74) is 1.36. The van der Waals surface area contributed by atoms with Crippen molar-refractivity contribution in [3.05, 3.63) is 77.1 Å². The summed E-state index contributed by atoms with van der Waals surface area (Å²) in [6.07, 6.45) is -2.21. The van der Waals surface area contributed by atoms with Crippen LogP contribution in [0.3, 0.4) is 0 Å². The molecule has 0 saturated carbocycles. The molecule has 1 aromatic heterocycles. The van der Waals surface area contributed by atoms with Crippen LogP contribution in [0.2, 0.25) is 0 Å². The minimum Gasteiger partial charge on any atom is -0.322 e. The first-order valence-corrected chi connectivity index (χ1v) is 10.8. The van der Waals surface area contributed by atoms with Crippen LogP contribution in [0.25, 0.3) is 5.69 Å². The third-order valence-corrected chi connectivity index (χ3v) is 5.22. The van der Waals surface area contributed by atoms with E-state index in [1.165, 1.54) is 30.5 Å². The molecule has 3 aromatic rings. The van der Waals surface area contributed by atoms with Crippen molar-refractivity contribution in [2.75, 3.05) is 11.6 Å². The second kappa shape index (κ2) is 7.94. The smallest absolute Gasteiger partial charge is 0.322 e. The summed E-state index contributed by atoms with van der Waals surface area (Å²) in [6.45, 7) is 1.72. The number of rotatable bonds is 5. The van der Waals surface area contributed by atoms with E-state index in [9.17, 15) is 26.4 Å². The van der Waals surface area contributed by atoms with Crippen LogP contribution in [-0.4, -0.2) is 30.4 Å². The SMILES string of the molecule is Cc1c(CS(C)(=O)=O)cccc1NC(=O)c1ccc(-n2ccc(C(F)(F)F)n2)cc1. The number of aromatic nitrogens is 2. The monoisotopic (exact) mass is 437 g/mol. The molecule has 0 unspecified atom stereocenters. The minimum atomic E-state index is -4.53. The van der Waals surface area contributed by atoms with Crippen molar-refractivity contribution in [2.45, 2.75) is 18.9 Å². The zero-order chi connectivity index (χ0) is 22.1. The van der Waals surface area contributed by atoms with Gasteiger partial charge in [0.2, 0.25) is 0 Å². The van der Waals surface area contributed by atoms with Crippen molar-refractivity contribution >= 4 is 21.4 Å². The van der Waals surface area contributed by atoms with E-state index in [0.717, 1.165) is 17.0 Å². The summed E-state index contributed by atoms with van der Waals surface area (Å²) in [5, 5.41) is 6.22. The van der Waals surface area contributed by atoms with Gasteiger partial charge in [-0.15, -0.1) is 0 Å². The largest absolute Gasteiger partial charge is 0.435 e. The van der Waals surface area contributed by atoms with Crippen LogP contribution in [0.4, 0.5) is 18.9 Å². The van der Waals surface area contributed by atoms with Crippen molar-refractivity contribution in [3.63, 3.8) is 0 Å². The predicted octanol–water partition coefficient (Wildman–Crippen LogP) is 4.00. The Labute approximate surface area is 171 Å². The molecule has 10 heteroatoms. The fourth-order valence-corrected chi connectivity index (χ4v) is 3.71. The molecule has 0 aliphatic rings. The van der Waals surface area contributed by atoms with E-state index in [0.29, 0.717) is 22.5 Å². The van der Waals surface area contributed by atoms with Crippen LogP contribution in [0, 0.1) is 6.92 Å². The minimum absolute atomic E-state index is 0.138. The van der Waals surface area contributed by atoms with Crippen molar-refractivity contribution in [3.8, 4) is 5.69 Å². The van der Waals surface area contributed by atoms with Gasteiger partial charge in [-0.05, 0) is 54.4 Å². The van der Waals surface area contributed by atoms with Gasteiger partial charge in [0.05, 0.1) is 11.4 Å². The van der Waals surface area contributed by atoms with Crippen LogP contribution in [0.15, 0.2) is 54.7 Å². The molecule has 1 N–H and O–H groups in total. The molecule has 3 rings (SSSR count). The molecular formula is C20H18F3N3O3S. The number of anilines is 1. The van der Waals surface area contributed by atoms with Crippen molar-refractivity contribution < 1.29 is 26.4 Å². The molecule has 6 nitrogen and oxygen atoms in total. The van der Waals surface area contributed by atoms with E-state index in [2.05, 4.69) is 10.4 Å². The van der Waals surface area contributed by atoms with Gasteiger partial charge in [-0.3, -0.25) is 4.79 Å². The maximum absolute atomic E-state index is 12.7. The highest BCUT2D eigenvalue weighted by Crippen LogP contribution is 2.28. The van der Waals surface area contributed by atoms with Gasteiger partial charge >= 0.3 is 6.18 Å². The van der Waals surface area contributed by atoms with Crippen LogP contribution >= 0.6 is 0 Å². The molecule has 2 aromatic carbocycles.